The Morgan fingerprint density at radius 2 is 1.86 bits per heavy atom. The summed E-state index contributed by atoms with van der Waals surface area (Å²) in [7, 11) is 0. The molecule has 0 aromatic carbocycles. The van der Waals surface area contributed by atoms with Crippen molar-refractivity contribution in [3.05, 3.63) is 23.3 Å². The summed E-state index contributed by atoms with van der Waals surface area (Å²) in [6, 6.07) is 0. The monoisotopic (exact) mass is 194 g/mol. The quantitative estimate of drug-likeness (QED) is 0.474. The molecular weight excluding hydrogens is 176 g/mol. The number of rotatable bonds is 1. The van der Waals surface area contributed by atoms with E-state index in [1.165, 1.54) is 0 Å². The van der Waals surface area contributed by atoms with Gasteiger partial charge in [0.1, 0.15) is 5.60 Å². The molecule has 1 aliphatic carbocycles. The average Bonchev–Trinajstić information content (AvgIpc) is 2.01. The van der Waals surface area contributed by atoms with Gasteiger partial charge in [-0.05, 0) is 40.5 Å². The van der Waals surface area contributed by atoms with Gasteiger partial charge in [-0.2, -0.15) is 0 Å². The second-order valence-electron chi connectivity index (χ2n) is 4.64. The third-order valence-corrected chi connectivity index (χ3v) is 2.07. The van der Waals surface area contributed by atoms with Crippen LogP contribution in [0.3, 0.4) is 0 Å². The van der Waals surface area contributed by atoms with E-state index < -0.39 is 5.60 Å². The molecule has 78 valence electrons. The fourth-order valence-electron chi connectivity index (χ4n) is 1.36. The van der Waals surface area contributed by atoms with Crippen LogP contribution in [0.4, 0.5) is 0 Å². The van der Waals surface area contributed by atoms with Crippen LogP contribution in [0.2, 0.25) is 0 Å². The van der Waals surface area contributed by atoms with Crippen molar-refractivity contribution in [3.63, 3.8) is 0 Å². The molecule has 0 unspecified atom stereocenters. The van der Waals surface area contributed by atoms with Crippen LogP contribution in [0.15, 0.2) is 23.3 Å². The number of esters is 1. The predicted molar refractivity (Wildman–Crippen MR) is 56.9 cm³/mol. The van der Waals surface area contributed by atoms with E-state index in [-0.39, 0.29) is 5.97 Å². The second-order valence-corrected chi connectivity index (χ2v) is 4.64. The Morgan fingerprint density at radius 1 is 1.29 bits per heavy atom. The van der Waals surface area contributed by atoms with E-state index >= 15 is 0 Å². The molecule has 1 rings (SSSR count). The van der Waals surface area contributed by atoms with E-state index in [1.54, 1.807) is 0 Å². The number of hydrogen-bond donors (Lipinski definition) is 0. The van der Waals surface area contributed by atoms with Crippen LogP contribution in [-0.4, -0.2) is 11.6 Å². The topological polar surface area (TPSA) is 26.3 Å². The predicted octanol–water partition coefficient (Wildman–Crippen LogP) is 2.99. The van der Waals surface area contributed by atoms with Crippen molar-refractivity contribution in [2.45, 2.75) is 46.1 Å². The lowest BCUT2D eigenvalue weighted by Crippen LogP contribution is -2.25. The zero-order valence-corrected chi connectivity index (χ0v) is 9.39. The lowest BCUT2D eigenvalue weighted by molar-refractivity contribution is -0.150. The van der Waals surface area contributed by atoms with E-state index in [9.17, 15) is 4.79 Å². The molecule has 0 saturated carbocycles. The van der Waals surface area contributed by atoms with Crippen LogP contribution in [0.1, 0.15) is 40.5 Å². The summed E-state index contributed by atoms with van der Waals surface area (Å²) in [6.45, 7) is 7.65. The van der Waals surface area contributed by atoms with Crippen molar-refractivity contribution in [1.82, 2.24) is 0 Å². The van der Waals surface area contributed by atoms with Gasteiger partial charge in [0.15, 0.2) is 0 Å². The maximum absolute atomic E-state index is 11.7. The maximum atomic E-state index is 11.7. The van der Waals surface area contributed by atoms with Gasteiger partial charge in [-0.3, -0.25) is 0 Å². The van der Waals surface area contributed by atoms with Gasteiger partial charge < -0.3 is 4.74 Å². The minimum Gasteiger partial charge on any atom is -0.457 e. The molecular formula is C12H18O2. The Bertz CT molecular complexity index is 290. The molecule has 2 nitrogen and oxygen atoms in total. The lowest BCUT2D eigenvalue weighted by Gasteiger charge is -2.22. The molecule has 0 aromatic heterocycles. The van der Waals surface area contributed by atoms with Crippen molar-refractivity contribution in [2.24, 2.45) is 0 Å². The number of carbonyl (C=O) groups excluding carboxylic acids is 1. The number of hydrogen-bond acceptors (Lipinski definition) is 2. The van der Waals surface area contributed by atoms with Crippen molar-refractivity contribution in [2.75, 3.05) is 0 Å². The van der Waals surface area contributed by atoms with Gasteiger partial charge in [0.05, 0.1) is 0 Å². The molecule has 2 heteroatoms. The van der Waals surface area contributed by atoms with Crippen LogP contribution < -0.4 is 0 Å². The van der Waals surface area contributed by atoms with Gasteiger partial charge in [0.25, 0.3) is 0 Å². The summed E-state index contributed by atoms with van der Waals surface area (Å²) in [6.07, 6.45) is 5.69. The van der Waals surface area contributed by atoms with Crippen LogP contribution in [0, 0.1) is 0 Å². The first-order chi connectivity index (χ1) is 6.40. The second kappa shape index (κ2) is 3.99. The first-order valence-electron chi connectivity index (χ1n) is 4.97. The molecule has 0 radical (unpaired) electrons. The van der Waals surface area contributed by atoms with Gasteiger partial charge in [-0.1, -0.05) is 17.7 Å². The molecule has 0 atom stereocenters. The summed E-state index contributed by atoms with van der Waals surface area (Å²) >= 11 is 0. The fraction of sp³-hybridized carbons (Fsp3) is 0.583. The van der Waals surface area contributed by atoms with Crippen molar-refractivity contribution < 1.29 is 9.53 Å². The molecule has 0 heterocycles. The molecule has 0 N–H and O–H groups in total. The standard InChI is InChI=1S/C12H18O2/c1-9-7-5-6-8-10(9)11(13)14-12(2,3)4/h5-6H,7-8H2,1-4H3. The molecule has 0 saturated heterocycles. The Hall–Kier alpha value is -1.05. The van der Waals surface area contributed by atoms with Crippen LogP contribution >= 0.6 is 0 Å². The smallest absolute Gasteiger partial charge is 0.334 e. The highest BCUT2D eigenvalue weighted by Crippen LogP contribution is 2.22. The van der Waals surface area contributed by atoms with Crippen LogP contribution in [0.5, 0.6) is 0 Å². The summed E-state index contributed by atoms with van der Waals surface area (Å²) in [5, 5.41) is 0. The SMILES string of the molecule is CC1=C(C(=O)OC(C)(C)C)CC=CC1. The zero-order valence-electron chi connectivity index (χ0n) is 9.39. The van der Waals surface area contributed by atoms with Gasteiger partial charge >= 0.3 is 5.97 Å². The third-order valence-electron chi connectivity index (χ3n) is 2.07. The Kier molecular flexibility index (Phi) is 3.14. The molecule has 0 amide bonds. The van der Waals surface area contributed by atoms with Crippen LogP contribution in [-0.2, 0) is 9.53 Å². The average molecular weight is 194 g/mol. The first-order valence-corrected chi connectivity index (χ1v) is 4.97. The van der Waals surface area contributed by atoms with E-state index in [4.69, 9.17) is 4.74 Å². The molecule has 0 bridgehead atoms. The molecule has 0 spiro atoms. The van der Waals surface area contributed by atoms with Crippen molar-refractivity contribution in [1.29, 1.82) is 0 Å². The Balaban J connectivity index is 2.70. The normalized spacial score (nSPS) is 17.1. The highest BCUT2D eigenvalue weighted by atomic mass is 16.6. The summed E-state index contributed by atoms with van der Waals surface area (Å²) in [5.74, 6) is -0.167. The Morgan fingerprint density at radius 3 is 2.36 bits per heavy atom. The van der Waals surface area contributed by atoms with Crippen molar-refractivity contribution >= 4 is 5.97 Å². The fourth-order valence-corrected chi connectivity index (χ4v) is 1.36. The minimum atomic E-state index is -0.397. The van der Waals surface area contributed by atoms with E-state index in [0.717, 1.165) is 17.6 Å². The number of ether oxygens (including phenoxy) is 1. The summed E-state index contributed by atoms with van der Waals surface area (Å²) < 4.78 is 5.32. The molecule has 14 heavy (non-hydrogen) atoms. The van der Waals surface area contributed by atoms with Gasteiger partial charge in [0, 0.05) is 5.57 Å². The minimum absolute atomic E-state index is 0.167. The summed E-state index contributed by atoms with van der Waals surface area (Å²) in [5.41, 5.74) is 1.55. The number of allylic oxidation sites excluding steroid dienone is 3. The number of carbonyl (C=O) groups is 1. The molecule has 0 aromatic rings. The van der Waals surface area contributed by atoms with E-state index in [0.29, 0.717) is 6.42 Å². The highest BCUT2D eigenvalue weighted by Gasteiger charge is 2.21. The highest BCUT2D eigenvalue weighted by molar-refractivity contribution is 5.90. The van der Waals surface area contributed by atoms with Gasteiger partial charge in [-0.15, -0.1) is 0 Å². The summed E-state index contributed by atoms with van der Waals surface area (Å²) in [4.78, 5) is 11.7. The van der Waals surface area contributed by atoms with Gasteiger partial charge in [-0.25, -0.2) is 4.79 Å². The molecule has 1 aliphatic rings. The Labute approximate surface area is 85.6 Å². The van der Waals surface area contributed by atoms with Crippen LogP contribution in [0.25, 0.3) is 0 Å². The molecule has 0 aliphatic heterocycles. The first kappa shape index (κ1) is 11.0. The zero-order chi connectivity index (χ0) is 10.8. The molecule has 0 fully saturated rings. The van der Waals surface area contributed by atoms with Crippen molar-refractivity contribution in [3.8, 4) is 0 Å². The van der Waals surface area contributed by atoms with E-state index in [1.807, 2.05) is 33.8 Å². The lowest BCUT2D eigenvalue weighted by atomic mass is 9.98. The largest absolute Gasteiger partial charge is 0.457 e. The maximum Gasteiger partial charge on any atom is 0.334 e. The van der Waals surface area contributed by atoms with Gasteiger partial charge in [0.2, 0.25) is 0 Å². The van der Waals surface area contributed by atoms with E-state index in [2.05, 4.69) is 6.08 Å². The third kappa shape index (κ3) is 3.02.